The van der Waals surface area contributed by atoms with Gasteiger partial charge in [0, 0.05) is 17.8 Å². The van der Waals surface area contributed by atoms with E-state index in [1.807, 2.05) is 24.3 Å². The van der Waals surface area contributed by atoms with Gasteiger partial charge in [0.2, 0.25) is 0 Å². The maximum absolute atomic E-state index is 5.72. The van der Waals surface area contributed by atoms with Crippen LogP contribution in [0.1, 0.15) is 0 Å². The molecule has 0 fully saturated rings. The fourth-order valence-electron chi connectivity index (χ4n) is 2.02. The van der Waals surface area contributed by atoms with Crippen molar-refractivity contribution in [3.05, 3.63) is 36.4 Å². The summed E-state index contributed by atoms with van der Waals surface area (Å²) in [4.78, 5) is 4.35. The Hall–Kier alpha value is -2.89. The molecule has 6 heteroatoms. The highest BCUT2D eigenvalue weighted by atomic mass is 16.5. The van der Waals surface area contributed by atoms with E-state index in [4.69, 9.17) is 19.6 Å². The average Bonchev–Trinajstić information content (AvgIpc) is 2.88. The molecule has 3 rings (SSSR count). The van der Waals surface area contributed by atoms with E-state index in [2.05, 4.69) is 10.3 Å². The van der Waals surface area contributed by atoms with Crippen LogP contribution < -0.4 is 20.5 Å². The number of methoxy groups -OCH3 is 2. The van der Waals surface area contributed by atoms with E-state index < -0.39 is 0 Å². The van der Waals surface area contributed by atoms with Crippen molar-refractivity contribution >= 4 is 28.5 Å². The minimum atomic E-state index is 0.363. The van der Waals surface area contributed by atoms with Gasteiger partial charge in [0.25, 0.3) is 6.01 Å². The quantitative estimate of drug-likeness (QED) is 0.716. The van der Waals surface area contributed by atoms with Crippen molar-refractivity contribution in [3.8, 4) is 11.5 Å². The average molecular weight is 285 g/mol. The summed E-state index contributed by atoms with van der Waals surface area (Å²) in [5.41, 5.74) is 8.41. The summed E-state index contributed by atoms with van der Waals surface area (Å²) in [5, 5.41) is 3.08. The van der Waals surface area contributed by atoms with Crippen LogP contribution >= 0.6 is 0 Å². The Labute approximate surface area is 121 Å². The van der Waals surface area contributed by atoms with E-state index in [1.54, 1.807) is 26.4 Å². The first-order valence-electron chi connectivity index (χ1n) is 6.34. The van der Waals surface area contributed by atoms with Crippen LogP contribution in [-0.2, 0) is 0 Å². The highest BCUT2D eigenvalue weighted by Crippen LogP contribution is 2.32. The number of ether oxygens (including phenoxy) is 2. The van der Waals surface area contributed by atoms with Gasteiger partial charge >= 0.3 is 0 Å². The van der Waals surface area contributed by atoms with Gasteiger partial charge < -0.3 is 24.9 Å². The Balaban J connectivity index is 1.97. The second kappa shape index (κ2) is 5.24. The summed E-state index contributed by atoms with van der Waals surface area (Å²) in [5.74, 6) is 1.37. The first-order chi connectivity index (χ1) is 10.2. The number of hydrogen-bond donors (Lipinski definition) is 2. The van der Waals surface area contributed by atoms with E-state index in [1.165, 1.54) is 0 Å². The second-order valence-electron chi connectivity index (χ2n) is 4.44. The molecule has 0 amide bonds. The molecule has 21 heavy (non-hydrogen) atoms. The normalized spacial score (nSPS) is 10.6. The molecule has 0 aliphatic rings. The van der Waals surface area contributed by atoms with Crippen LogP contribution in [0.15, 0.2) is 40.8 Å². The number of oxazole rings is 1. The summed E-state index contributed by atoms with van der Waals surface area (Å²) in [7, 11) is 3.20. The molecule has 0 atom stereocenters. The number of nitrogen functional groups attached to an aromatic ring is 1. The summed E-state index contributed by atoms with van der Waals surface area (Å²) < 4.78 is 16.1. The zero-order chi connectivity index (χ0) is 14.8. The third-order valence-electron chi connectivity index (χ3n) is 3.06. The van der Waals surface area contributed by atoms with Gasteiger partial charge in [0.05, 0.1) is 19.9 Å². The lowest BCUT2D eigenvalue weighted by molar-refractivity contribution is 0.404. The number of benzene rings is 2. The minimum Gasteiger partial charge on any atom is -0.497 e. The number of aromatic nitrogens is 1. The third-order valence-corrected chi connectivity index (χ3v) is 3.06. The molecule has 3 aromatic rings. The summed E-state index contributed by atoms with van der Waals surface area (Å²) >= 11 is 0. The molecule has 0 unspecified atom stereocenters. The highest BCUT2D eigenvalue weighted by Gasteiger charge is 2.10. The van der Waals surface area contributed by atoms with E-state index in [0.717, 1.165) is 5.52 Å². The highest BCUT2D eigenvalue weighted by molar-refractivity contribution is 5.79. The van der Waals surface area contributed by atoms with Crippen molar-refractivity contribution in [2.24, 2.45) is 0 Å². The lowest BCUT2D eigenvalue weighted by Gasteiger charge is -2.10. The molecule has 1 aromatic heterocycles. The van der Waals surface area contributed by atoms with Gasteiger partial charge in [-0.15, -0.1) is 0 Å². The minimum absolute atomic E-state index is 0.363. The van der Waals surface area contributed by atoms with Crippen LogP contribution in [-0.4, -0.2) is 19.2 Å². The zero-order valence-electron chi connectivity index (χ0n) is 11.7. The first kappa shape index (κ1) is 13.1. The fraction of sp³-hybridized carbons (Fsp3) is 0.133. The topological polar surface area (TPSA) is 82.5 Å². The van der Waals surface area contributed by atoms with E-state index in [9.17, 15) is 0 Å². The number of rotatable bonds is 4. The molecule has 0 spiro atoms. The van der Waals surface area contributed by atoms with Gasteiger partial charge in [-0.1, -0.05) is 0 Å². The Morgan fingerprint density at radius 1 is 1.10 bits per heavy atom. The number of fused-ring (bicyclic) bond motifs is 1. The molecule has 0 bridgehead atoms. The fourth-order valence-corrected chi connectivity index (χ4v) is 2.02. The van der Waals surface area contributed by atoms with Crippen molar-refractivity contribution in [2.45, 2.75) is 0 Å². The van der Waals surface area contributed by atoms with Crippen molar-refractivity contribution < 1.29 is 13.9 Å². The van der Waals surface area contributed by atoms with Crippen molar-refractivity contribution in [1.82, 2.24) is 4.98 Å². The van der Waals surface area contributed by atoms with Gasteiger partial charge in [-0.3, -0.25) is 0 Å². The standard InChI is InChI=1S/C15H15N3O3/c1-19-10-4-6-13(20-2)12(8-10)18-15-17-11-5-3-9(16)7-14(11)21-15/h3-8H,16H2,1-2H3,(H,17,18). The van der Waals surface area contributed by atoms with Crippen LogP contribution in [0.2, 0.25) is 0 Å². The van der Waals surface area contributed by atoms with Crippen molar-refractivity contribution in [1.29, 1.82) is 0 Å². The maximum Gasteiger partial charge on any atom is 0.300 e. The Morgan fingerprint density at radius 3 is 2.71 bits per heavy atom. The molecule has 1 heterocycles. The maximum atomic E-state index is 5.72. The van der Waals surface area contributed by atoms with Crippen LogP contribution in [0.4, 0.5) is 17.4 Å². The molecular formula is C15H15N3O3. The molecule has 0 saturated heterocycles. The molecule has 0 aliphatic heterocycles. The smallest absolute Gasteiger partial charge is 0.300 e. The SMILES string of the molecule is COc1ccc(OC)c(Nc2nc3ccc(N)cc3o2)c1. The summed E-state index contributed by atoms with van der Waals surface area (Å²) in [6, 6.07) is 11.1. The molecule has 3 N–H and O–H groups in total. The number of nitrogens with two attached hydrogens (primary N) is 1. The molecule has 6 nitrogen and oxygen atoms in total. The first-order valence-corrected chi connectivity index (χ1v) is 6.34. The second-order valence-corrected chi connectivity index (χ2v) is 4.44. The van der Waals surface area contributed by atoms with Gasteiger partial charge in [-0.05, 0) is 24.3 Å². The van der Waals surface area contributed by atoms with Crippen LogP contribution in [0.3, 0.4) is 0 Å². The van der Waals surface area contributed by atoms with Crippen LogP contribution in [0.25, 0.3) is 11.1 Å². The third kappa shape index (κ3) is 2.55. The monoisotopic (exact) mass is 285 g/mol. The Morgan fingerprint density at radius 2 is 1.95 bits per heavy atom. The Bertz CT molecular complexity index is 783. The van der Waals surface area contributed by atoms with Crippen LogP contribution in [0, 0.1) is 0 Å². The number of anilines is 3. The van der Waals surface area contributed by atoms with Crippen molar-refractivity contribution in [3.63, 3.8) is 0 Å². The predicted octanol–water partition coefficient (Wildman–Crippen LogP) is 3.17. The van der Waals surface area contributed by atoms with Crippen molar-refractivity contribution in [2.75, 3.05) is 25.3 Å². The molecule has 108 valence electrons. The number of hydrogen-bond acceptors (Lipinski definition) is 6. The molecule has 2 aromatic carbocycles. The van der Waals surface area contributed by atoms with Gasteiger partial charge in [-0.25, -0.2) is 0 Å². The lowest BCUT2D eigenvalue weighted by atomic mass is 10.2. The molecule has 0 aliphatic carbocycles. The number of nitrogens with zero attached hydrogens (tertiary/aromatic N) is 1. The molecular weight excluding hydrogens is 270 g/mol. The van der Waals surface area contributed by atoms with Gasteiger partial charge in [0.15, 0.2) is 5.58 Å². The van der Waals surface area contributed by atoms with Crippen LogP contribution in [0.5, 0.6) is 11.5 Å². The van der Waals surface area contributed by atoms with Gasteiger partial charge in [0.1, 0.15) is 17.0 Å². The van der Waals surface area contributed by atoms with E-state index in [-0.39, 0.29) is 0 Å². The van der Waals surface area contributed by atoms with E-state index >= 15 is 0 Å². The van der Waals surface area contributed by atoms with Gasteiger partial charge in [-0.2, -0.15) is 4.98 Å². The summed E-state index contributed by atoms with van der Waals surface area (Å²) in [6.07, 6.45) is 0. The lowest BCUT2D eigenvalue weighted by Crippen LogP contribution is -1.95. The number of nitrogens with one attached hydrogen (secondary N) is 1. The Kier molecular flexibility index (Phi) is 3.27. The predicted molar refractivity (Wildman–Crippen MR) is 81.3 cm³/mol. The largest absolute Gasteiger partial charge is 0.497 e. The van der Waals surface area contributed by atoms with E-state index in [0.29, 0.717) is 34.5 Å². The zero-order valence-corrected chi connectivity index (χ0v) is 11.7. The molecule has 0 radical (unpaired) electrons. The summed E-state index contributed by atoms with van der Waals surface area (Å²) in [6.45, 7) is 0. The molecule has 0 saturated carbocycles.